The van der Waals surface area contributed by atoms with Crippen molar-refractivity contribution in [3.8, 4) is 0 Å². The Morgan fingerprint density at radius 1 is 1.23 bits per heavy atom. The third-order valence-electron chi connectivity index (χ3n) is 3.73. The van der Waals surface area contributed by atoms with E-state index in [0.717, 1.165) is 11.3 Å². The Hall–Kier alpha value is -0.0800. The number of nitrogens with zero attached hydrogens (tertiary/aromatic N) is 1. The molecule has 2 heteroatoms. The van der Waals surface area contributed by atoms with Crippen LogP contribution in [-0.4, -0.2) is 38.6 Å². The summed E-state index contributed by atoms with van der Waals surface area (Å²) >= 11 is 0. The third kappa shape index (κ3) is 2.05. The van der Waals surface area contributed by atoms with Crippen LogP contribution in [-0.2, 0) is 0 Å². The molecule has 0 amide bonds. The first-order chi connectivity index (χ1) is 6.23. The quantitative estimate of drug-likeness (QED) is 0.708. The summed E-state index contributed by atoms with van der Waals surface area (Å²) in [5, 5.41) is 3.45. The highest BCUT2D eigenvalue weighted by molar-refractivity contribution is 5.00. The molecule has 13 heavy (non-hydrogen) atoms. The van der Waals surface area contributed by atoms with E-state index >= 15 is 0 Å². The van der Waals surface area contributed by atoms with Gasteiger partial charge in [-0.05, 0) is 64.2 Å². The Balaban J connectivity index is 1.90. The minimum Gasteiger partial charge on any atom is -0.317 e. The molecule has 0 radical (unpaired) electrons. The molecule has 1 saturated carbocycles. The van der Waals surface area contributed by atoms with Gasteiger partial charge < -0.3 is 10.2 Å². The van der Waals surface area contributed by atoms with Crippen LogP contribution in [0.15, 0.2) is 0 Å². The van der Waals surface area contributed by atoms with Gasteiger partial charge in [0.1, 0.15) is 0 Å². The summed E-state index contributed by atoms with van der Waals surface area (Å²) in [7, 11) is 4.42. The molecular formula is C11H22N2. The molecule has 0 aromatic heterocycles. The van der Waals surface area contributed by atoms with E-state index < -0.39 is 0 Å². The van der Waals surface area contributed by atoms with E-state index in [-0.39, 0.29) is 0 Å². The Morgan fingerprint density at radius 2 is 1.85 bits per heavy atom. The maximum atomic E-state index is 3.45. The van der Waals surface area contributed by atoms with Crippen LogP contribution in [0, 0.1) is 11.3 Å². The lowest BCUT2D eigenvalue weighted by atomic mass is 9.82. The van der Waals surface area contributed by atoms with Crippen LogP contribution in [0.2, 0.25) is 0 Å². The summed E-state index contributed by atoms with van der Waals surface area (Å²) in [6.07, 6.45) is 5.79. The van der Waals surface area contributed by atoms with Crippen LogP contribution in [0.1, 0.15) is 25.7 Å². The Kier molecular flexibility index (Phi) is 2.61. The van der Waals surface area contributed by atoms with Crippen molar-refractivity contribution >= 4 is 0 Å². The van der Waals surface area contributed by atoms with Crippen LogP contribution in [0.4, 0.5) is 0 Å². The fourth-order valence-electron chi connectivity index (χ4n) is 2.92. The van der Waals surface area contributed by atoms with Gasteiger partial charge in [0, 0.05) is 6.54 Å². The summed E-state index contributed by atoms with van der Waals surface area (Å²) < 4.78 is 0. The maximum Gasteiger partial charge on any atom is 0.00346 e. The van der Waals surface area contributed by atoms with Gasteiger partial charge in [-0.2, -0.15) is 0 Å². The first kappa shape index (κ1) is 9.47. The van der Waals surface area contributed by atoms with E-state index in [0.29, 0.717) is 0 Å². The van der Waals surface area contributed by atoms with E-state index in [1.165, 1.54) is 45.3 Å². The molecule has 2 aliphatic rings. The zero-order valence-electron chi connectivity index (χ0n) is 8.97. The first-order valence-electron chi connectivity index (χ1n) is 5.58. The number of hydrogen-bond acceptors (Lipinski definition) is 2. The minimum absolute atomic E-state index is 0.728. The van der Waals surface area contributed by atoms with Crippen molar-refractivity contribution in [3.05, 3.63) is 0 Å². The monoisotopic (exact) mass is 182 g/mol. The van der Waals surface area contributed by atoms with Gasteiger partial charge in [-0.15, -0.1) is 0 Å². The normalized spacial score (nSPS) is 27.9. The van der Waals surface area contributed by atoms with Gasteiger partial charge in [0.2, 0.25) is 0 Å². The highest BCUT2D eigenvalue weighted by Gasteiger charge is 2.48. The molecule has 0 unspecified atom stereocenters. The second-order valence-corrected chi connectivity index (χ2v) is 5.12. The summed E-state index contributed by atoms with van der Waals surface area (Å²) in [6, 6.07) is 0. The molecule has 0 spiro atoms. The highest BCUT2D eigenvalue weighted by Crippen LogP contribution is 2.54. The van der Waals surface area contributed by atoms with Gasteiger partial charge in [0.15, 0.2) is 0 Å². The molecule has 2 rings (SSSR count). The average molecular weight is 182 g/mol. The molecule has 0 atom stereocenters. The second-order valence-electron chi connectivity index (χ2n) is 5.12. The van der Waals surface area contributed by atoms with E-state index in [1.807, 2.05) is 0 Å². The van der Waals surface area contributed by atoms with Gasteiger partial charge in [0.25, 0.3) is 0 Å². The van der Waals surface area contributed by atoms with Gasteiger partial charge in [-0.1, -0.05) is 0 Å². The zero-order valence-corrected chi connectivity index (χ0v) is 8.97. The molecular weight excluding hydrogens is 160 g/mol. The summed E-state index contributed by atoms with van der Waals surface area (Å²) in [4.78, 5) is 2.37. The highest BCUT2D eigenvalue weighted by atomic mass is 15.1. The smallest absolute Gasteiger partial charge is 0.00346 e. The van der Waals surface area contributed by atoms with Crippen molar-refractivity contribution < 1.29 is 0 Å². The molecule has 1 aliphatic heterocycles. The molecule has 0 aromatic rings. The Labute approximate surface area is 81.7 Å². The number of piperidine rings is 1. The SMILES string of the molecule is CN(C)CC1(C2CCNCC2)CC1. The Morgan fingerprint density at radius 3 is 2.31 bits per heavy atom. The van der Waals surface area contributed by atoms with Gasteiger partial charge in [-0.25, -0.2) is 0 Å². The van der Waals surface area contributed by atoms with Crippen molar-refractivity contribution in [1.29, 1.82) is 0 Å². The zero-order chi connectivity index (χ0) is 9.31. The summed E-state index contributed by atoms with van der Waals surface area (Å²) in [5.41, 5.74) is 0.728. The molecule has 1 saturated heterocycles. The number of hydrogen-bond donors (Lipinski definition) is 1. The van der Waals surface area contributed by atoms with Crippen LogP contribution >= 0.6 is 0 Å². The Bertz CT molecular complexity index is 167. The molecule has 2 fully saturated rings. The fraction of sp³-hybridized carbons (Fsp3) is 1.00. The second kappa shape index (κ2) is 3.58. The lowest BCUT2D eigenvalue weighted by Crippen LogP contribution is -2.36. The van der Waals surface area contributed by atoms with Crippen molar-refractivity contribution in [2.45, 2.75) is 25.7 Å². The predicted molar refractivity (Wildman–Crippen MR) is 55.8 cm³/mol. The van der Waals surface area contributed by atoms with Crippen LogP contribution < -0.4 is 5.32 Å². The molecule has 0 aromatic carbocycles. The van der Waals surface area contributed by atoms with Crippen LogP contribution in [0.3, 0.4) is 0 Å². The topological polar surface area (TPSA) is 15.3 Å². The fourth-order valence-corrected chi connectivity index (χ4v) is 2.92. The lowest BCUT2D eigenvalue weighted by Gasteiger charge is -2.32. The van der Waals surface area contributed by atoms with Crippen molar-refractivity contribution in [2.24, 2.45) is 11.3 Å². The minimum atomic E-state index is 0.728. The average Bonchev–Trinajstić information content (AvgIpc) is 2.86. The number of nitrogens with one attached hydrogen (secondary N) is 1. The lowest BCUT2D eigenvalue weighted by molar-refractivity contribution is 0.186. The molecule has 2 nitrogen and oxygen atoms in total. The van der Waals surface area contributed by atoms with Crippen molar-refractivity contribution in [1.82, 2.24) is 10.2 Å². The summed E-state index contributed by atoms with van der Waals surface area (Å²) in [5.74, 6) is 1.01. The van der Waals surface area contributed by atoms with E-state index in [1.54, 1.807) is 0 Å². The molecule has 1 heterocycles. The first-order valence-corrected chi connectivity index (χ1v) is 5.58. The predicted octanol–water partition coefficient (Wildman–Crippen LogP) is 1.33. The van der Waals surface area contributed by atoms with Gasteiger partial charge in [-0.3, -0.25) is 0 Å². The third-order valence-corrected chi connectivity index (χ3v) is 3.73. The molecule has 0 bridgehead atoms. The van der Waals surface area contributed by atoms with Gasteiger partial charge in [0.05, 0.1) is 0 Å². The molecule has 1 N–H and O–H groups in total. The molecule has 76 valence electrons. The standard InChI is InChI=1S/C11H22N2/c1-13(2)9-11(5-6-11)10-3-7-12-8-4-10/h10,12H,3-9H2,1-2H3. The van der Waals surface area contributed by atoms with E-state index in [2.05, 4.69) is 24.3 Å². The van der Waals surface area contributed by atoms with Crippen molar-refractivity contribution in [3.63, 3.8) is 0 Å². The molecule has 1 aliphatic carbocycles. The van der Waals surface area contributed by atoms with E-state index in [4.69, 9.17) is 0 Å². The van der Waals surface area contributed by atoms with Crippen LogP contribution in [0.5, 0.6) is 0 Å². The largest absolute Gasteiger partial charge is 0.317 e. The van der Waals surface area contributed by atoms with E-state index in [9.17, 15) is 0 Å². The van der Waals surface area contributed by atoms with Crippen LogP contribution in [0.25, 0.3) is 0 Å². The summed E-state index contributed by atoms with van der Waals surface area (Å²) in [6.45, 7) is 3.82. The number of rotatable bonds is 3. The van der Waals surface area contributed by atoms with Gasteiger partial charge >= 0.3 is 0 Å². The van der Waals surface area contributed by atoms with Crippen molar-refractivity contribution in [2.75, 3.05) is 33.7 Å². The maximum absolute atomic E-state index is 3.45.